The summed E-state index contributed by atoms with van der Waals surface area (Å²) < 4.78 is 5.15. The molecule has 0 N–H and O–H groups in total. The molecule has 1 aromatic heterocycles. The highest BCUT2D eigenvalue weighted by atomic mass is 16.5. The Labute approximate surface area is 205 Å². The van der Waals surface area contributed by atoms with Gasteiger partial charge in [-0.05, 0) is 37.5 Å². The lowest BCUT2D eigenvalue weighted by Crippen LogP contribution is -2.47. The zero-order chi connectivity index (χ0) is 24.8. The van der Waals surface area contributed by atoms with Gasteiger partial charge in [0.25, 0.3) is 0 Å². The molecule has 35 heavy (non-hydrogen) atoms. The summed E-state index contributed by atoms with van der Waals surface area (Å²) in [5.41, 5.74) is 0.196. The van der Waals surface area contributed by atoms with E-state index in [1.165, 1.54) is 4.90 Å². The second kappa shape index (κ2) is 10.8. The van der Waals surface area contributed by atoms with Gasteiger partial charge in [-0.25, -0.2) is 0 Å². The number of imide groups is 1. The van der Waals surface area contributed by atoms with Crippen molar-refractivity contribution in [1.29, 1.82) is 0 Å². The van der Waals surface area contributed by atoms with Crippen LogP contribution in [0.3, 0.4) is 0 Å². The van der Waals surface area contributed by atoms with E-state index in [0.29, 0.717) is 38.0 Å². The molecule has 8 heteroatoms. The van der Waals surface area contributed by atoms with Crippen molar-refractivity contribution < 1.29 is 23.9 Å². The van der Waals surface area contributed by atoms with Crippen molar-refractivity contribution in [1.82, 2.24) is 14.8 Å². The number of carbonyl (C=O) groups is 4. The molecule has 2 atom stereocenters. The fraction of sp³-hybridized carbons (Fsp3) is 0.444. The molecule has 2 aliphatic rings. The van der Waals surface area contributed by atoms with E-state index in [4.69, 9.17) is 4.74 Å². The molecular formula is C27H31N3O5. The van der Waals surface area contributed by atoms with Gasteiger partial charge in [-0.15, -0.1) is 0 Å². The highest BCUT2D eigenvalue weighted by Gasteiger charge is 2.54. The molecule has 2 aromatic rings. The van der Waals surface area contributed by atoms with Crippen LogP contribution < -0.4 is 0 Å². The van der Waals surface area contributed by atoms with E-state index in [9.17, 15) is 19.2 Å². The number of aromatic nitrogens is 1. The number of piperidine rings is 1. The van der Waals surface area contributed by atoms with Crippen LogP contribution in [0, 0.1) is 5.92 Å². The second-order valence-electron chi connectivity index (χ2n) is 9.15. The van der Waals surface area contributed by atoms with E-state index in [1.54, 1.807) is 30.2 Å². The number of amides is 3. The number of hydrogen-bond acceptors (Lipinski definition) is 6. The van der Waals surface area contributed by atoms with E-state index in [1.807, 2.05) is 36.4 Å². The molecule has 184 valence electrons. The molecule has 3 heterocycles. The third-order valence-corrected chi connectivity index (χ3v) is 6.90. The minimum atomic E-state index is -1.25. The molecule has 1 aromatic carbocycles. The summed E-state index contributed by atoms with van der Waals surface area (Å²) in [5.74, 6) is -1.52. The van der Waals surface area contributed by atoms with Crippen molar-refractivity contribution in [3.05, 3.63) is 66.0 Å². The molecule has 2 saturated heterocycles. The largest absolute Gasteiger partial charge is 0.466 e. The van der Waals surface area contributed by atoms with Crippen LogP contribution in [-0.2, 0) is 35.8 Å². The topological polar surface area (TPSA) is 96.9 Å². The number of hydrogen-bond donors (Lipinski definition) is 0. The van der Waals surface area contributed by atoms with Crippen molar-refractivity contribution in [3.8, 4) is 0 Å². The van der Waals surface area contributed by atoms with Gasteiger partial charge >= 0.3 is 5.97 Å². The molecule has 0 bridgehead atoms. The number of benzene rings is 1. The summed E-state index contributed by atoms with van der Waals surface area (Å²) in [6.07, 6.45) is 3.32. The predicted molar refractivity (Wildman–Crippen MR) is 128 cm³/mol. The Balaban J connectivity index is 1.54. The van der Waals surface area contributed by atoms with E-state index in [-0.39, 0.29) is 55.5 Å². The van der Waals surface area contributed by atoms with Gasteiger partial charge in [-0.3, -0.25) is 29.1 Å². The van der Waals surface area contributed by atoms with E-state index >= 15 is 0 Å². The van der Waals surface area contributed by atoms with Crippen molar-refractivity contribution in [2.24, 2.45) is 5.92 Å². The van der Waals surface area contributed by atoms with Crippen LogP contribution in [-0.4, -0.2) is 64.7 Å². The Hall–Kier alpha value is -3.55. The first-order valence-corrected chi connectivity index (χ1v) is 12.2. The first-order chi connectivity index (χ1) is 16.9. The number of likely N-dealkylation sites (tertiary alicyclic amines) is 2. The van der Waals surface area contributed by atoms with Gasteiger partial charge < -0.3 is 9.64 Å². The lowest BCUT2D eigenvalue weighted by molar-refractivity contribution is -0.152. The third-order valence-electron chi connectivity index (χ3n) is 6.90. The molecule has 2 unspecified atom stereocenters. The maximum absolute atomic E-state index is 13.8. The predicted octanol–water partition coefficient (Wildman–Crippen LogP) is 2.51. The lowest BCUT2D eigenvalue weighted by Gasteiger charge is -2.34. The quantitative estimate of drug-likeness (QED) is 0.428. The first-order valence-electron chi connectivity index (χ1n) is 12.2. The van der Waals surface area contributed by atoms with Gasteiger partial charge in [0, 0.05) is 50.8 Å². The summed E-state index contributed by atoms with van der Waals surface area (Å²) in [5, 5.41) is 0. The smallest absolute Gasteiger partial charge is 0.310 e. The van der Waals surface area contributed by atoms with Crippen molar-refractivity contribution in [2.45, 2.75) is 44.4 Å². The van der Waals surface area contributed by atoms with Crippen LogP contribution >= 0.6 is 0 Å². The maximum atomic E-state index is 13.8. The number of ether oxygens (including phenoxy) is 1. The number of pyridine rings is 1. The zero-order valence-electron chi connectivity index (χ0n) is 20.0. The SMILES string of the molecule is CCOC(=O)C1CCCN(C(=O)CC2(c3ccccc3)CC(=O)N(CCc3ccccn3)C2=O)C1. The van der Waals surface area contributed by atoms with Crippen LogP contribution in [0.25, 0.3) is 0 Å². The van der Waals surface area contributed by atoms with E-state index < -0.39 is 5.41 Å². The van der Waals surface area contributed by atoms with Crippen LogP contribution in [0.1, 0.15) is 43.9 Å². The fourth-order valence-corrected chi connectivity index (χ4v) is 5.05. The number of esters is 1. The van der Waals surface area contributed by atoms with Gasteiger partial charge in [-0.1, -0.05) is 36.4 Å². The Morgan fingerprint density at radius 3 is 2.60 bits per heavy atom. The first kappa shape index (κ1) is 24.6. The van der Waals surface area contributed by atoms with Gasteiger partial charge in [-0.2, -0.15) is 0 Å². The van der Waals surface area contributed by atoms with Gasteiger partial charge in [0.1, 0.15) is 0 Å². The highest BCUT2D eigenvalue weighted by molar-refractivity contribution is 6.10. The normalized spacial score (nSPS) is 22.4. The van der Waals surface area contributed by atoms with Crippen LogP contribution in [0.15, 0.2) is 54.7 Å². The van der Waals surface area contributed by atoms with Crippen LogP contribution in [0.2, 0.25) is 0 Å². The fourth-order valence-electron chi connectivity index (χ4n) is 5.05. The molecule has 0 radical (unpaired) electrons. The second-order valence-corrected chi connectivity index (χ2v) is 9.15. The standard InChI is InChI=1S/C27H31N3O5/c1-2-35-25(33)20-9-8-15-29(19-20)23(31)17-27(21-10-4-3-5-11-21)18-24(32)30(26(27)34)16-13-22-12-6-7-14-28-22/h3-7,10-12,14,20H,2,8-9,13,15-19H2,1H3. The van der Waals surface area contributed by atoms with Crippen LogP contribution in [0.4, 0.5) is 0 Å². The molecule has 0 saturated carbocycles. The Bertz CT molecular complexity index is 1070. The minimum Gasteiger partial charge on any atom is -0.466 e. The average molecular weight is 478 g/mol. The van der Waals surface area contributed by atoms with Crippen molar-refractivity contribution in [3.63, 3.8) is 0 Å². The molecule has 8 nitrogen and oxygen atoms in total. The highest BCUT2D eigenvalue weighted by Crippen LogP contribution is 2.40. The molecule has 3 amide bonds. The van der Waals surface area contributed by atoms with Gasteiger partial charge in [0.2, 0.25) is 17.7 Å². The monoisotopic (exact) mass is 477 g/mol. The number of rotatable bonds is 8. The summed E-state index contributed by atoms with van der Waals surface area (Å²) in [4.78, 5) is 59.8. The lowest BCUT2D eigenvalue weighted by atomic mass is 9.75. The van der Waals surface area contributed by atoms with E-state index in [2.05, 4.69) is 4.98 Å². The van der Waals surface area contributed by atoms with Crippen LogP contribution in [0.5, 0.6) is 0 Å². The molecular weight excluding hydrogens is 446 g/mol. The molecule has 4 rings (SSSR count). The van der Waals surface area contributed by atoms with Crippen molar-refractivity contribution in [2.75, 3.05) is 26.2 Å². The number of nitrogens with zero attached hydrogens (tertiary/aromatic N) is 3. The Morgan fingerprint density at radius 1 is 1.11 bits per heavy atom. The number of carbonyl (C=O) groups excluding carboxylic acids is 4. The third kappa shape index (κ3) is 5.26. The van der Waals surface area contributed by atoms with Gasteiger partial charge in [0.15, 0.2) is 0 Å². The summed E-state index contributed by atoms with van der Waals surface area (Å²) in [6, 6.07) is 14.6. The zero-order valence-corrected chi connectivity index (χ0v) is 20.0. The molecule has 2 aliphatic heterocycles. The molecule has 0 aliphatic carbocycles. The van der Waals surface area contributed by atoms with E-state index in [0.717, 1.165) is 5.69 Å². The molecule has 2 fully saturated rings. The van der Waals surface area contributed by atoms with Gasteiger partial charge in [0.05, 0.1) is 17.9 Å². The van der Waals surface area contributed by atoms with Crippen molar-refractivity contribution >= 4 is 23.7 Å². The average Bonchev–Trinajstić information content (AvgIpc) is 3.13. The summed E-state index contributed by atoms with van der Waals surface area (Å²) >= 11 is 0. The minimum absolute atomic E-state index is 0.0566. The maximum Gasteiger partial charge on any atom is 0.310 e. The molecule has 0 spiro atoms. The summed E-state index contributed by atoms with van der Waals surface area (Å²) in [7, 11) is 0. The Morgan fingerprint density at radius 2 is 1.89 bits per heavy atom. The summed E-state index contributed by atoms with van der Waals surface area (Å²) in [6.45, 7) is 3.06. The Kier molecular flexibility index (Phi) is 7.58.